The Morgan fingerprint density at radius 2 is 2.00 bits per heavy atom. The predicted molar refractivity (Wildman–Crippen MR) is 79.4 cm³/mol. The average Bonchev–Trinajstić information content (AvgIpc) is 2.23. The van der Waals surface area contributed by atoms with Crippen molar-refractivity contribution in [3.8, 4) is 0 Å². The molecule has 0 aliphatic carbocycles. The Kier molecular flexibility index (Phi) is 5.07. The first kappa shape index (κ1) is 15.0. The van der Waals surface area contributed by atoms with Crippen molar-refractivity contribution in [1.82, 2.24) is 0 Å². The Morgan fingerprint density at radius 3 is 2.53 bits per heavy atom. The highest BCUT2D eigenvalue weighted by molar-refractivity contribution is 9.10. The van der Waals surface area contributed by atoms with Gasteiger partial charge in [0.1, 0.15) is 16.1 Å². The maximum atomic E-state index is 11.8. The van der Waals surface area contributed by atoms with Gasteiger partial charge in [-0.05, 0) is 39.3 Å². The Labute approximate surface area is 119 Å². The molecule has 0 bridgehead atoms. The standard InChI is InChI=1S/C12H15BrClNOS/c1-8-10(13)6-5-9(11(8)14)7-15-17(16)12(2,3)4/h5-7H,1-4H3/b15-7+. The van der Waals surface area contributed by atoms with Gasteiger partial charge < -0.3 is 4.55 Å². The van der Waals surface area contributed by atoms with Crippen LogP contribution in [0.3, 0.4) is 0 Å². The maximum absolute atomic E-state index is 11.8. The fourth-order valence-electron chi connectivity index (χ4n) is 1.04. The van der Waals surface area contributed by atoms with Gasteiger partial charge in [0.15, 0.2) is 0 Å². The molecule has 0 aliphatic rings. The van der Waals surface area contributed by atoms with E-state index < -0.39 is 11.4 Å². The van der Waals surface area contributed by atoms with Gasteiger partial charge in [-0.1, -0.05) is 38.0 Å². The lowest BCUT2D eigenvalue weighted by Gasteiger charge is -2.17. The maximum Gasteiger partial charge on any atom is 0.144 e. The smallest absolute Gasteiger partial charge is 0.144 e. The Bertz CT molecular complexity index is 443. The summed E-state index contributed by atoms with van der Waals surface area (Å²) in [7, 11) is 0. The SMILES string of the molecule is Cc1c(Br)ccc(/C=N/[S+]([O-])C(C)(C)C)c1Cl. The zero-order valence-electron chi connectivity index (χ0n) is 10.3. The van der Waals surface area contributed by atoms with E-state index in [9.17, 15) is 4.55 Å². The van der Waals surface area contributed by atoms with Gasteiger partial charge in [0, 0.05) is 10.0 Å². The molecule has 0 N–H and O–H groups in total. The fourth-order valence-corrected chi connectivity index (χ4v) is 2.23. The molecule has 0 heterocycles. The van der Waals surface area contributed by atoms with Crippen molar-refractivity contribution in [3.63, 3.8) is 0 Å². The Morgan fingerprint density at radius 1 is 1.41 bits per heavy atom. The molecule has 17 heavy (non-hydrogen) atoms. The van der Waals surface area contributed by atoms with Gasteiger partial charge in [0.2, 0.25) is 0 Å². The zero-order valence-corrected chi connectivity index (χ0v) is 13.4. The van der Waals surface area contributed by atoms with Gasteiger partial charge in [-0.2, -0.15) is 0 Å². The molecule has 94 valence electrons. The van der Waals surface area contributed by atoms with Crippen LogP contribution in [0.15, 0.2) is 21.0 Å². The van der Waals surface area contributed by atoms with Crippen LogP contribution in [0.25, 0.3) is 0 Å². The summed E-state index contributed by atoms with van der Waals surface area (Å²) in [6.07, 6.45) is 1.57. The third-order valence-electron chi connectivity index (χ3n) is 2.16. The Balaban J connectivity index is 2.97. The number of nitrogens with zero attached hydrogens (tertiary/aromatic N) is 1. The third-order valence-corrected chi connectivity index (χ3v) is 4.87. The van der Waals surface area contributed by atoms with Crippen LogP contribution in [0.2, 0.25) is 5.02 Å². The monoisotopic (exact) mass is 335 g/mol. The lowest BCUT2D eigenvalue weighted by Crippen LogP contribution is -2.25. The van der Waals surface area contributed by atoms with Crippen molar-refractivity contribution in [2.45, 2.75) is 32.4 Å². The molecule has 5 heteroatoms. The minimum Gasteiger partial charge on any atom is -0.591 e. The number of benzene rings is 1. The second-order valence-corrected chi connectivity index (χ2v) is 7.84. The number of hydrogen-bond acceptors (Lipinski definition) is 2. The van der Waals surface area contributed by atoms with Crippen LogP contribution in [-0.2, 0) is 11.4 Å². The van der Waals surface area contributed by atoms with E-state index in [4.69, 9.17) is 11.6 Å². The van der Waals surface area contributed by atoms with Crippen LogP contribution in [0.5, 0.6) is 0 Å². The van der Waals surface area contributed by atoms with E-state index in [2.05, 4.69) is 20.3 Å². The summed E-state index contributed by atoms with van der Waals surface area (Å²) in [4.78, 5) is 0. The Hall–Kier alpha value is -0.0300. The van der Waals surface area contributed by atoms with Crippen LogP contribution in [0.4, 0.5) is 0 Å². The minimum absolute atomic E-state index is 0.354. The molecule has 0 aliphatic heterocycles. The van der Waals surface area contributed by atoms with Gasteiger partial charge in [-0.3, -0.25) is 0 Å². The molecule has 0 saturated heterocycles. The summed E-state index contributed by atoms with van der Waals surface area (Å²) < 4.78 is 16.4. The summed E-state index contributed by atoms with van der Waals surface area (Å²) in [5.41, 5.74) is 1.74. The summed E-state index contributed by atoms with van der Waals surface area (Å²) >= 11 is 8.32. The second kappa shape index (κ2) is 5.74. The van der Waals surface area contributed by atoms with Gasteiger partial charge in [0.25, 0.3) is 0 Å². The average molecular weight is 337 g/mol. The minimum atomic E-state index is -1.26. The van der Waals surface area contributed by atoms with E-state index in [-0.39, 0.29) is 4.75 Å². The van der Waals surface area contributed by atoms with Crippen LogP contribution >= 0.6 is 27.5 Å². The summed E-state index contributed by atoms with van der Waals surface area (Å²) in [6.45, 7) is 7.57. The van der Waals surface area contributed by atoms with Crippen molar-refractivity contribution in [3.05, 3.63) is 32.8 Å². The molecule has 0 saturated carbocycles. The first-order chi connectivity index (χ1) is 7.73. The highest BCUT2D eigenvalue weighted by atomic mass is 79.9. The van der Waals surface area contributed by atoms with E-state index in [0.29, 0.717) is 5.02 Å². The summed E-state index contributed by atoms with van der Waals surface area (Å²) in [6, 6.07) is 3.76. The molecule has 2 nitrogen and oxygen atoms in total. The molecule has 1 unspecified atom stereocenters. The van der Waals surface area contributed by atoms with Crippen molar-refractivity contribution in [1.29, 1.82) is 0 Å². The summed E-state index contributed by atoms with van der Waals surface area (Å²) in [5.74, 6) is 0. The van der Waals surface area contributed by atoms with Crippen molar-refractivity contribution < 1.29 is 4.55 Å². The molecule has 0 radical (unpaired) electrons. The zero-order chi connectivity index (χ0) is 13.2. The van der Waals surface area contributed by atoms with E-state index in [1.807, 2.05) is 39.8 Å². The van der Waals surface area contributed by atoms with Crippen molar-refractivity contribution in [2.75, 3.05) is 0 Å². The van der Waals surface area contributed by atoms with E-state index in [0.717, 1.165) is 15.6 Å². The van der Waals surface area contributed by atoms with Gasteiger partial charge in [-0.25, -0.2) is 0 Å². The van der Waals surface area contributed by atoms with Crippen LogP contribution < -0.4 is 0 Å². The molecule has 1 aromatic carbocycles. The van der Waals surface area contributed by atoms with Crippen molar-refractivity contribution in [2.24, 2.45) is 4.40 Å². The van der Waals surface area contributed by atoms with E-state index in [1.165, 1.54) is 0 Å². The highest BCUT2D eigenvalue weighted by Gasteiger charge is 2.25. The van der Waals surface area contributed by atoms with Gasteiger partial charge in [0.05, 0.1) is 11.2 Å². The van der Waals surface area contributed by atoms with E-state index in [1.54, 1.807) is 6.21 Å². The molecular formula is C12H15BrClNOS. The molecule has 1 rings (SSSR count). The fraction of sp³-hybridized carbons (Fsp3) is 0.417. The van der Waals surface area contributed by atoms with Crippen LogP contribution in [0, 0.1) is 6.92 Å². The summed E-state index contributed by atoms with van der Waals surface area (Å²) in [5, 5.41) is 0.633. The molecule has 0 spiro atoms. The lowest BCUT2D eigenvalue weighted by atomic mass is 10.1. The largest absolute Gasteiger partial charge is 0.591 e. The number of hydrogen-bond donors (Lipinski definition) is 0. The normalized spacial score (nSPS) is 14.3. The third kappa shape index (κ3) is 3.98. The second-order valence-electron chi connectivity index (χ2n) is 4.67. The van der Waals surface area contributed by atoms with Gasteiger partial charge >= 0.3 is 0 Å². The van der Waals surface area contributed by atoms with Crippen molar-refractivity contribution >= 4 is 45.1 Å². The number of halogens is 2. The lowest BCUT2D eigenvalue weighted by molar-refractivity contribution is 0.562. The predicted octanol–water partition coefficient (Wildman–Crippen LogP) is 4.29. The molecule has 0 aromatic heterocycles. The van der Waals surface area contributed by atoms with Crippen LogP contribution in [0.1, 0.15) is 31.9 Å². The molecule has 1 atom stereocenters. The van der Waals surface area contributed by atoms with Gasteiger partial charge in [-0.15, -0.1) is 0 Å². The first-order valence-corrected chi connectivity index (χ1v) is 7.42. The molecule has 0 fully saturated rings. The highest BCUT2D eigenvalue weighted by Crippen LogP contribution is 2.27. The van der Waals surface area contributed by atoms with E-state index >= 15 is 0 Å². The van der Waals surface area contributed by atoms with Crippen LogP contribution in [-0.4, -0.2) is 15.5 Å². The quantitative estimate of drug-likeness (QED) is 0.586. The molecular weight excluding hydrogens is 322 g/mol. The topological polar surface area (TPSA) is 35.4 Å². The first-order valence-electron chi connectivity index (χ1n) is 5.14. The molecule has 0 amide bonds. The number of rotatable bonds is 2. The molecule has 1 aromatic rings.